The summed E-state index contributed by atoms with van der Waals surface area (Å²) in [6.07, 6.45) is -0.933. The van der Waals surface area contributed by atoms with Crippen LogP contribution in [0.3, 0.4) is 0 Å². The van der Waals surface area contributed by atoms with Crippen LogP contribution >= 0.6 is 0 Å². The minimum atomic E-state index is -4.63. The Morgan fingerprint density at radius 3 is 2.50 bits per heavy atom. The Morgan fingerprint density at radius 1 is 1.12 bits per heavy atom. The number of hydrogen-bond donors (Lipinski definition) is 1. The van der Waals surface area contributed by atoms with Crippen molar-refractivity contribution in [1.29, 1.82) is 0 Å². The zero-order valence-electron chi connectivity index (χ0n) is 17.6. The molecule has 1 fully saturated rings. The molecule has 176 valence electrons. The second kappa shape index (κ2) is 9.33. The molecular weight excluding hydrogens is 455 g/mol. The summed E-state index contributed by atoms with van der Waals surface area (Å²) in [6, 6.07) is 8.90. The third-order valence-corrected chi connectivity index (χ3v) is 5.09. The van der Waals surface area contributed by atoms with Crippen molar-refractivity contribution < 1.29 is 32.3 Å². The highest BCUT2D eigenvalue weighted by atomic mass is 19.4. The van der Waals surface area contributed by atoms with Crippen molar-refractivity contribution in [3.05, 3.63) is 66.2 Å². The lowest BCUT2D eigenvalue weighted by molar-refractivity contribution is -0.137. The van der Waals surface area contributed by atoms with Crippen LogP contribution in [-0.4, -0.2) is 45.7 Å². The van der Waals surface area contributed by atoms with E-state index < -0.39 is 30.2 Å². The van der Waals surface area contributed by atoms with Gasteiger partial charge in [-0.2, -0.15) is 18.3 Å². The van der Waals surface area contributed by atoms with Gasteiger partial charge in [0, 0.05) is 18.7 Å². The van der Waals surface area contributed by atoms with E-state index in [1.807, 2.05) is 0 Å². The molecule has 2 heterocycles. The number of rotatable bonds is 6. The summed E-state index contributed by atoms with van der Waals surface area (Å²) in [4.78, 5) is 41.8. The average molecular weight is 473 g/mol. The Balaban J connectivity index is 1.41. The standard InChI is InChI=1S/C22H18F3N5O4/c23-22(24,25)15-5-8-18(30-13-26-12-27-30)17(10-15)28-19(31)11-34-21(33)14-3-6-16(7-4-14)29-9-1-2-20(29)32/h3-8,10,12-13H,1-2,9,11H2,(H,28,31). The van der Waals surface area contributed by atoms with Crippen molar-refractivity contribution >= 4 is 29.2 Å². The first-order valence-corrected chi connectivity index (χ1v) is 10.2. The van der Waals surface area contributed by atoms with Gasteiger partial charge in [-0.3, -0.25) is 9.59 Å². The second-order valence-electron chi connectivity index (χ2n) is 7.39. The van der Waals surface area contributed by atoms with Gasteiger partial charge in [0.15, 0.2) is 6.61 Å². The lowest BCUT2D eigenvalue weighted by Crippen LogP contribution is -2.24. The molecule has 12 heteroatoms. The molecule has 0 bridgehead atoms. The van der Waals surface area contributed by atoms with Gasteiger partial charge < -0.3 is 15.0 Å². The maximum atomic E-state index is 13.1. The quantitative estimate of drug-likeness (QED) is 0.551. The smallest absolute Gasteiger partial charge is 0.416 e. The topological polar surface area (TPSA) is 106 Å². The maximum absolute atomic E-state index is 13.1. The van der Waals surface area contributed by atoms with Crippen LogP contribution in [0.15, 0.2) is 55.1 Å². The van der Waals surface area contributed by atoms with Crippen LogP contribution < -0.4 is 10.2 Å². The van der Waals surface area contributed by atoms with Gasteiger partial charge >= 0.3 is 12.1 Å². The summed E-state index contributed by atoms with van der Waals surface area (Å²) < 4.78 is 45.6. The third kappa shape index (κ3) is 5.05. The number of esters is 1. The number of alkyl halides is 3. The largest absolute Gasteiger partial charge is 0.452 e. The molecule has 0 atom stereocenters. The van der Waals surface area contributed by atoms with Gasteiger partial charge in [0.2, 0.25) is 5.91 Å². The van der Waals surface area contributed by atoms with E-state index in [-0.39, 0.29) is 22.8 Å². The number of aromatic nitrogens is 3. The number of ether oxygens (including phenoxy) is 1. The zero-order valence-corrected chi connectivity index (χ0v) is 17.6. The molecule has 0 aliphatic carbocycles. The Bertz CT molecular complexity index is 1210. The fourth-order valence-electron chi connectivity index (χ4n) is 3.44. The van der Waals surface area contributed by atoms with E-state index >= 15 is 0 Å². The molecule has 3 aromatic rings. The summed E-state index contributed by atoms with van der Waals surface area (Å²) in [6.45, 7) is -0.118. The molecule has 0 spiro atoms. The number of benzene rings is 2. The van der Waals surface area contributed by atoms with Crippen molar-refractivity contribution in [2.45, 2.75) is 19.0 Å². The van der Waals surface area contributed by atoms with Crippen molar-refractivity contribution in [2.24, 2.45) is 0 Å². The van der Waals surface area contributed by atoms with Crippen molar-refractivity contribution in [3.8, 4) is 5.69 Å². The van der Waals surface area contributed by atoms with Crippen molar-refractivity contribution in [3.63, 3.8) is 0 Å². The number of nitrogens with one attached hydrogen (secondary N) is 1. The van der Waals surface area contributed by atoms with Gasteiger partial charge in [-0.15, -0.1) is 0 Å². The molecule has 2 amide bonds. The average Bonchev–Trinajstić information content (AvgIpc) is 3.49. The van der Waals surface area contributed by atoms with Crippen molar-refractivity contribution in [1.82, 2.24) is 14.8 Å². The number of hydrogen-bond acceptors (Lipinski definition) is 6. The Kier molecular flexibility index (Phi) is 6.30. The van der Waals surface area contributed by atoms with E-state index in [9.17, 15) is 27.6 Å². The monoisotopic (exact) mass is 473 g/mol. The molecule has 1 aliphatic rings. The molecule has 34 heavy (non-hydrogen) atoms. The third-order valence-electron chi connectivity index (χ3n) is 5.09. The van der Waals surface area contributed by atoms with Gasteiger partial charge in [-0.1, -0.05) is 0 Å². The minimum Gasteiger partial charge on any atom is -0.452 e. The first-order chi connectivity index (χ1) is 16.2. The molecular formula is C22H18F3N5O4. The normalized spacial score (nSPS) is 13.7. The summed E-state index contributed by atoms with van der Waals surface area (Å²) in [5, 5.41) is 6.18. The van der Waals surface area contributed by atoms with Gasteiger partial charge in [-0.25, -0.2) is 14.5 Å². The van der Waals surface area contributed by atoms with Crippen LogP contribution in [0.4, 0.5) is 24.5 Å². The van der Waals surface area contributed by atoms with Crippen LogP contribution in [0, 0.1) is 0 Å². The highest BCUT2D eigenvalue weighted by Crippen LogP contribution is 2.33. The lowest BCUT2D eigenvalue weighted by Gasteiger charge is -2.16. The Morgan fingerprint density at radius 2 is 1.88 bits per heavy atom. The fourth-order valence-corrected chi connectivity index (χ4v) is 3.44. The van der Waals surface area contributed by atoms with E-state index in [1.54, 1.807) is 17.0 Å². The minimum absolute atomic E-state index is 0.00634. The lowest BCUT2D eigenvalue weighted by atomic mass is 10.1. The number of anilines is 2. The highest BCUT2D eigenvalue weighted by molar-refractivity contribution is 5.98. The first kappa shape index (κ1) is 23.0. The number of halogens is 3. The Labute approximate surface area is 191 Å². The zero-order chi connectivity index (χ0) is 24.3. The first-order valence-electron chi connectivity index (χ1n) is 10.2. The number of nitrogens with zero attached hydrogens (tertiary/aromatic N) is 4. The van der Waals surface area contributed by atoms with Gasteiger partial charge in [-0.05, 0) is 48.9 Å². The number of carbonyl (C=O) groups excluding carboxylic acids is 3. The van der Waals surface area contributed by atoms with Crippen LogP contribution in [0.5, 0.6) is 0 Å². The molecule has 4 rings (SSSR count). The van der Waals surface area contributed by atoms with Gasteiger partial charge in [0.25, 0.3) is 5.91 Å². The SMILES string of the molecule is O=C(COC(=O)c1ccc(N2CCCC2=O)cc1)Nc1cc(C(F)(F)F)ccc1-n1cncn1. The molecule has 1 aromatic heterocycles. The fraction of sp³-hybridized carbons (Fsp3) is 0.227. The van der Waals surface area contributed by atoms with E-state index in [1.165, 1.54) is 29.5 Å². The molecule has 1 aliphatic heterocycles. The summed E-state index contributed by atoms with van der Waals surface area (Å²) in [7, 11) is 0. The predicted octanol–water partition coefficient (Wildman–Crippen LogP) is 3.21. The molecule has 0 radical (unpaired) electrons. The van der Waals surface area contributed by atoms with Crippen LogP contribution in [0.2, 0.25) is 0 Å². The molecule has 0 unspecified atom stereocenters. The predicted molar refractivity (Wildman–Crippen MR) is 113 cm³/mol. The summed E-state index contributed by atoms with van der Waals surface area (Å²) in [5.74, 6) is -1.63. The molecule has 0 saturated carbocycles. The summed E-state index contributed by atoms with van der Waals surface area (Å²) >= 11 is 0. The van der Waals surface area contributed by atoms with Gasteiger partial charge in [0.1, 0.15) is 12.7 Å². The van der Waals surface area contributed by atoms with Crippen LogP contribution in [0.1, 0.15) is 28.8 Å². The van der Waals surface area contributed by atoms with E-state index in [4.69, 9.17) is 4.74 Å². The maximum Gasteiger partial charge on any atom is 0.416 e. The number of amides is 2. The van der Waals surface area contributed by atoms with Gasteiger partial charge in [0.05, 0.1) is 22.5 Å². The molecule has 2 aromatic carbocycles. The highest BCUT2D eigenvalue weighted by Gasteiger charge is 2.31. The van der Waals surface area contributed by atoms with E-state index in [0.717, 1.165) is 24.6 Å². The molecule has 1 N–H and O–H groups in total. The molecule has 9 nitrogen and oxygen atoms in total. The van der Waals surface area contributed by atoms with Crippen molar-refractivity contribution in [2.75, 3.05) is 23.4 Å². The van der Waals surface area contributed by atoms with E-state index in [2.05, 4.69) is 15.4 Å². The summed E-state index contributed by atoms with van der Waals surface area (Å²) in [5.41, 5.74) is -0.189. The number of carbonyl (C=O) groups is 3. The van der Waals surface area contributed by atoms with E-state index in [0.29, 0.717) is 18.7 Å². The molecule has 1 saturated heterocycles. The van der Waals surface area contributed by atoms with Crippen LogP contribution in [0.25, 0.3) is 5.69 Å². The Hall–Kier alpha value is -4.22. The van der Waals surface area contributed by atoms with Crippen LogP contribution in [-0.2, 0) is 20.5 Å². The second-order valence-corrected chi connectivity index (χ2v) is 7.39.